The van der Waals surface area contributed by atoms with Gasteiger partial charge in [0.2, 0.25) is 0 Å². The van der Waals surface area contributed by atoms with Crippen molar-refractivity contribution in [1.82, 2.24) is 14.8 Å². The van der Waals surface area contributed by atoms with Gasteiger partial charge in [0.25, 0.3) is 0 Å². The van der Waals surface area contributed by atoms with Gasteiger partial charge in [-0.3, -0.25) is 0 Å². The quantitative estimate of drug-likeness (QED) is 0.439. The molecule has 142 valence electrons. The molecule has 0 N–H and O–H groups in total. The molecule has 0 unspecified atom stereocenters. The van der Waals surface area contributed by atoms with Crippen LogP contribution >= 0.6 is 10.0 Å². The zero-order valence-electron chi connectivity index (χ0n) is 16.3. The summed E-state index contributed by atoms with van der Waals surface area (Å²) < 4.78 is 20.1. The number of aromatic nitrogens is 3. The molecule has 0 radical (unpaired) electrons. The Kier molecular flexibility index (Phi) is 4.38. The van der Waals surface area contributed by atoms with E-state index >= 15 is 0 Å². The predicted molar refractivity (Wildman–Crippen MR) is 107 cm³/mol. The number of hydrogen-bond acceptors (Lipinski definition) is 5. The van der Waals surface area contributed by atoms with Crippen LogP contribution in [0.25, 0.3) is 11.0 Å². The maximum atomic E-state index is 6.19. The van der Waals surface area contributed by atoms with Crippen molar-refractivity contribution in [1.29, 1.82) is 0 Å². The Morgan fingerprint density at radius 2 is 1.92 bits per heavy atom. The lowest BCUT2D eigenvalue weighted by molar-refractivity contribution is 0.00578. The van der Waals surface area contributed by atoms with Crippen molar-refractivity contribution >= 4 is 33.6 Å². The van der Waals surface area contributed by atoms with Crippen molar-refractivity contribution in [3.05, 3.63) is 18.5 Å². The minimum atomic E-state index is -0.414. The highest BCUT2D eigenvalue weighted by Gasteiger charge is 2.52. The Morgan fingerprint density at radius 1 is 1.23 bits per heavy atom. The molecule has 4 heterocycles. The van der Waals surface area contributed by atoms with Gasteiger partial charge in [-0.05, 0) is 57.0 Å². The molecule has 0 amide bonds. The van der Waals surface area contributed by atoms with Gasteiger partial charge >= 0.3 is 7.12 Å². The van der Waals surface area contributed by atoms with E-state index in [1.165, 1.54) is 17.3 Å². The van der Waals surface area contributed by atoms with Gasteiger partial charge < -0.3 is 14.0 Å². The highest BCUT2D eigenvalue weighted by Crippen LogP contribution is 2.57. The SMILES string of the molecule is CC1(C)OB(c2ccnc3c2cnn3COCCS2(C)CC2)OC1(C)C. The fourth-order valence-corrected chi connectivity index (χ4v) is 5.09. The number of pyridine rings is 1. The third-order valence-electron chi connectivity index (χ3n) is 5.92. The van der Waals surface area contributed by atoms with Crippen LogP contribution in [0.3, 0.4) is 0 Å². The van der Waals surface area contributed by atoms with Gasteiger partial charge in [-0.25, -0.2) is 19.7 Å². The number of fused-ring (bicyclic) bond motifs is 1. The fourth-order valence-electron chi connectivity index (χ4n) is 3.02. The fraction of sp³-hybridized carbons (Fsp3) is 0.667. The second kappa shape index (κ2) is 6.22. The largest absolute Gasteiger partial charge is 0.495 e. The zero-order chi connectivity index (χ0) is 18.6. The average molecular weight is 377 g/mol. The lowest BCUT2D eigenvalue weighted by Crippen LogP contribution is -2.41. The predicted octanol–water partition coefficient (Wildman–Crippen LogP) is 2.15. The number of rotatable bonds is 6. The lowest BCUT2D eigenvalue weighted by atomic mass is 9.78. The van der Waals surface area contributed by atoms with Gasteiger partial charge in [0, 0.05) is 17.3 Å². The topological polar surface area (TPSA) is 58.4 Å². The molecule has 0 saturated carbocycles. The summed E-state index contributed by atoms with van der Waals surface area (Å²) >= 11 is 0. The first-order valence-corrected chi connectivity index (χ1v) is 11.7. The van der Waals surface area contributed by atoms with Gasteiger partial charge in [0.15, 0.2) is 5.65 Å². The summed E-state index contributed by atoms with van der Waals surface area (Å²) in [6, 6.07) is 1.95. The number of ether oxygens (including phenoxy) is 1. The van der Waals surface area contributed by atoms with Crippen molar-refractivity contribution in [2.45, 2.75) is 45.6 Å². The van der Waals surface area contributed by atoms with Gasteiger partial charge in [-0.1, -0.05) is 0 Å². The maximum absolute atomic E-state index is 6.19. The summed E-state index contributed by atoms with van der Waals surface area (Å²) in [5, 5.41) is 5.43. The molecule has 2 aliphatic rings. The van der Waals surface area contributed by atoms with Crippen LogP contribution in [0, 0.1) is 0 Å². The Balaban J connectivity index is 1.50. The molecule has 0 bridgehead atoms. The first-order valence-electron chi connectivity index (χ1n) is 9.16. The van der Waals surface area contributed by atoms with Crippen LogP contribution in [-0.2, 0) is 20.8 Å². The van der Waals surface area contributed by atoms with E-state index in [2.05, 4.69) is 44.0 Å². The summed E-state index contributed by atoms with van der Waals surface area (Å²) in [4.78, 5) is 4.50. The van der Waals surface area contributed by atoms with Crippen LogP contribution in [0.15, 0.2) is 18.5 Å². The van der Waals surface area contributed by atoms with E-state index in [1.807, 2.05) is 16.9 Å². The molecule has 0 spiro atoms. The zero-order valence-corrected chi connectivity index (χ0v) is 17.1. The van der Waals surface area contributed by atoms with Crippen molar-refractivity contribution < 1.29 is 14.0 Å². The van der Waals surface area contributed by atoms with E-state index < -0.39 is 7.12 Å². The van der Waals surface area contributed by atoms with E-state index in [4.69, 9.17) is 14.0 Å². The highest BCUT2D eigenvalue weighted by molar-refractivity contribution is 8.38. The molecule has 6 nitrogen and oxygen atoms in total. The molecule has 0 aliphatic carbocycles. The number of hydrogen-bond donors (Lipinski definition) is 0. The van der Waals surface area contributed by atoms with E-state index in [0.717, 1.165) is 23.1 Å². The van der Waals surface area contributed by atoms with Crippen LogP contribution in [0.4, 0.5) is 0 Å². The molecule has 2 fully saturated rings. The highest BCUT2D eigenvalue weighted by atomic mass is 32.3. The molecular weight excluding hydrogens is 349 g/mol. The summed E-state index contributed by atoms with van der Waals surface area (Å²) in [7, 11) is -0.715. The standard InChI is InChI=1S/C18H28BN3O3S/c1-17(2)18(3,4)25-19(24-17)15-6-7-20-16-14(15)12-21-22(16)13-23-8-9-26(5)10-11-26/h6-7,12H,8-11,13H2,1-5H3. The first-order chi connectivity index (χ1) is 12.2. The Bertz CT molecular complexity index is 803. The molecule has 2 aliphatic heterocycles. The molecule has 8 heteroatoms. The molecular formula is C18H28BN3O3S. The van der Waals surface area contributed by atoms with E-state index in [0.29, 0.717) is 6.73 Å². The van der Waals surface area contributed by atoms with E-state index in [1.54, 1.807) is 6.20 Å². The average Bonchev–Trinajstić information content (AvgIpc) is 3.08. The summed E-state index contributed by atoms with van der Waals surface area (Å²) in [6.45, 7) is 9.47. The van der Waals surface area contributed by atoms with Gasteiger partial charge in [-0.15, -0.1) is 0 Å². The molecule has 0 aromatic carbocycles. The molecule has 26 heavy (non-hydrogen) atoms. The van der Waals surface area contributed by atoms with Crippen LogP contribution < -0.4 is 5.46 Å². The Hall–Kier alpha value is -1.09. The minimum Gasteiger partial charge on any atom is -0.399 e. The van der Waals surface area contributed by atoms with Gasteiger partial charge in [0.05, 0.1) is 24.0 Å². The molecule has 0 atom stereocenters. The third-order valence-corrected chi connectivity index (χ3v) is 8.87. The number of nitrogens with zero attached hydrogens (tertiary/aromatic N) is 3. The third kappa shape index (κ3) is 3.28. The van der Waals surface area contributed by atoms with Crippen LogP contribution in [0.2, 0.25) is 0 Å². The first kappa shape index (κ1) is 18.3. The second-order valence-electron chi connectivity index (χ2n) is 8.50. The minimum absolute atomic E-state index is 0.301. The van der Waals surface area contributed by atoms with Gasteiger partial charge in [0.1, 0.15) is 6.73 Å². The molecule has 2 aromatic rings. The summed E-state index contributed by atoms with van der Waals surface area (Å²) in [5.74, 6) is 4.00. The van der Waals surface area contributed by atoms with Gasteiger partial charge in [-0.2, -0.15) is 5.10 Å². The second-order valence-corrected chi connectivity index (χ2v) is 12.7. The van der Waals surface area contributed by atoms with Crippen molar-refractivity contribution in [2.24, 2.45) is 0 Å². The van der Waals surface area contributed by atoms with Crippen molar-refractivity contribution in [3.8, 4) is 0 Å². The van der Waals surface area contributed by atoms with Crippen LogP contribution in [0.5, 0.6) is 0 Å². The maximum Gasteiger partial charge on any atom is 0.495 e. The normalized spacial score (nSPS) is 24.1. The lowest BCUT2D eigenvalue weighted by Gasteiger charge is -2.32. The van der Waals surface area contributed by atoms with E-state index in [-0.39, 0.29) is 21.2 Å². The van der Waals surface area contributed by atoms with Crippen molar-refractivity contribution in [2.75, 3.05) is 30.1 Å². The monoisotopic (exact) mass is 377 g/mol. The van der Waals surface area contributed by atoms with Crippen LogP contribution in [-0.4, -0.2) is 63.2 Å². The molecule has 2 saturated heterocycles. The summed E-state index contributed by atoms with van der Waals surface area (Å²) in [6.07, 6.45) is 6.02. The summed E-state index contributed by atoms with van der Waals surface area (Å²) in [5.41, 5.74) is 1.04. The van der Waals surface area contributed by atoms with Crippen molar-refractivity contribution in [3.63, 3.8) is 0 Å². The Labute approximate surface area is 157 Å². The molecule has 4 rings (SSSR count). The van der Waals surface area contributed by atoms with E-state index in [9.17, 15) is 0 Å². The smallest absolute Gasteiger partial charge is 0.399 e. The molecule has 2 aromatic heterocycles. The van der Waals surface area contributed by atoms with Crippen LogP contribution in [0.1, 0.15) is 27.7 Å². The Morgan fingerprint density at radius 3 is 2.58 bits per heavy atom.